The average Bonchev–Trinajstić information content (AvgIpc) is 2.85. The Kier molecular flexibility index (Phi) is 4.52. The zero-order valence-corrected chi connectivity index (χ0v) is 12.4. The number of hydrogen-bond acceptors (Lipinski definition) is 5. The molecule has 0 saturated carbocycles. The van der Waals surface area contributed by atoms with Gasteiger partial charge in [-0.05, 0) is 30.4 Å². The molecule has 2 rings (SSSR count). The van der Waals surface area contributed by atoms with Gasteiger partial charge in [-0.2, -0.15) is 14.9 Å². The minimum absolute atomic E-state index is 0.458. The zero-order valence-electron chi connectivity index (χ0n) is 11.6. The second kappa shape index (κ2) is 6.33. The molecule has 0 radical (unpaired) electrons. The quantitative estimate of drug-likeness (QED) is 0.679. The summed E-state index contributed by atoms with van der Waals surface area (Å²) in [5, 5.41) is 11.2. The first-order chi connectivity index (χ1) is 9.69. The van der Waals surface area contributed by atoms with Gasteiger partial charge in [-0.15, -0.1) is 0 Å². The van der Waals surface area contributed by atoms with Gasteiger partial charge in [-0.25, -0.2) is 0 Å². The van der Waals surface area contributed by atoms with Gasteiger partial charge >= 0.3 is 0 Å². The molecule has 1 N–H and O–H groups in total. The van der Waals surface area contributed by atoms with Crippen molar-refractivity contribution in [1.29, 1.82) is 0 Å². The van der Waals surface area contributed by atoms with Crippen molar-refractivity contribution < 1.29 is 9.47 Å². The van der Waals surface area contributed by atoms with Crippen molar-refractivity contribution in [3.63, 3.8) is 0 Å². The second-order valence-electron chi connectivity index (χ2n) is 3.96. The lowest BCUT2D eigenvalue weighted by molar-refractivity contribution is 0.402. The summed E-state index contributed by atoms with van der Waals surface area (Å²) in [7, 11) is 3.23. The number of aryl methyl sites for hydroxylation is 1. The summed E-state index contributed by atoms with van der Waals surface area (Å²) in [6, 6.07) is 5.50. The minimum Gasteiger partial charge on any atom is -0.497 e. The monoisotopic (exact) mass is 292 g/mol. The molecular weight excluding hydrogens is 276 g/mol. The summed E-state index contributed by atoms with van der Waals surface area (Å²) < 4.78 is 12.5. The third kappa shape index (κ3) is 2.88. The first kappa shape index (κ1) is 14.3. The molecule has 0 bridgehead atoms. The van der Waals surface area contributed by atoms with E-state index in [1.807, 2.05) is 25.1 Å². The van der Waals surface area contributed by atoms with E-state index in [-0.39, 0.29) is 0 Å². The van der Waals surface area contributed by atoms with Crippen LogP contribution in [0.2, 0.25) is 0 Å². The van der Waals surface area contributed by atoms with Crippen LogP contribution in [0.4, 0.5) is 0 Å². The molecule has 6 nitrogen and oxygen atoms in total. The topological polar surface area (TPSA) is 64.4 Å². The third-order valence-electron chi connectivity index (χ3n) is 2.78. The predicted octanol–water partition coefficient (Wildman–Crippen LogP) is 2.40. The van der Waals surface area contributed by atoms with Crippen LogP contribution in [-0.4, -0.2) is 35.3 Å². The normalized spacial score (nSPS) is 10.9. The number of methoxy groups -OCH3 is 2. The fourth-order valence-corrected chi connectivity index (χ4v) is 1.93. The van der Waals surface area contributed by atoms with Gasteiger partial charge in [0.1, 0.15) is 11.5 Å². The Labute approximate surface area is 122 Å². The summed E-state index contributed by atoms with van der Waals surface area (Å²) in [4.78, 5) is 0. The van der Waals surface area contributed by atoms with Gasteiger partial charge in [0.05, 0.1) is 20.4 Å². The van der Waals surface area contributed by atoms with E-state index in [0.29, 0.717) is 10.5 Å². The molecule has 0 atom stereocenters. The van der Waals surface area contributed by atoms with Crippen molar-refractivity contribution in [3.05, 3.63) is 34.4 Å². The van der Waals surface area contributed by atoms with Crippen LogP contribution in [0.5, 0.6) is 11.5 Å². The number of H-pyrrole nitrogens is 1. The van der Waals surface area contributed by atoms with Crippen LogP contribution in [0.3, 0.4) is 0 Å². The van der Waals surface area contributed by atoms with E-state index >= 15 is 0 Å². The molecule has 0 aliphatic heterocycles. The van der Waals surface area contributed by atoms with Crippen molar-refractivity contribution in [2.45, 2.75) is 13.3 Å². The van der Waals surface area contributed by atoms with E-state index < -0.39 is 0 Å². The van der Waals surface area contributed by atoms with Crippen LogP contribution in [0.25, 0.3) is 0 Å². The highest BCUT2D eigenvalue weighted by molar-refractivity contribution is 7.71. The molecule has 0 unspecified atom stereocenters. The van der Waals surface area contributed by atoms with Crippen LogP contribution in [0.1, 0.15) is 18.3 Å². The van der Waals surface area contributed by atoms with E-state index in [2.05, 4.69) is 15.3 Å². The SMILES string of the molecule is CCc1n[nH]c(=S)n1/N=C\c1cc(OC)ccc1OC. The van der Waals surface area contributed by atoms with Gasteiger partial charge in [0, 0.05) is 12.0 Å². The Hall–Kier alpha value is -2.15. The molecule has 0 aliphatic carbocycles. The van der Waals surface area contributed by atoms with Crippen LogP contribution in [-0.2, 0) is 6.42 Å². The number of benzene rings is 1. The molecule has 2 aromatic rings. The molecule has 1 heterocycles. The van der Waals surface area contributed by atoms with Crippen LogP contribution in [0, 0.1) is 4.77 Å². The predicted molar refractivity (Wildman–Crippen MR) is 79.3 cm³/mol. The van der Waals surface area contributed by atoms with Gasteiger partial charge < -0.3 is 9.47 Å². The molecule has 1 aromatic heterocycles. The van der Waals surface area contributed by atoms with E-state index in [1.54, 1.807) is 25.1 Å². The average molecular weight is 292 g/mol. The van der Waals surface area contributed by atoms with Crippen LogP contribution < -0.4 is 9.47 Å². The van der Waals surface area contributed by atoms with Crippen LogP contribution in [0.15, 0.2) is 23.3 Å². The highest BCUT2D eigenvalue weighted by atomic mass is 32.1. The molecule has 7 heteroatoms. The van der Waals surface area contributed by atoms with Gasteiger partial charge in [-0.3, -0.25) is 5.10 Å². The Balaban J connectivity index is 2.40. The molecule has 106 valence electrons. The molecule has 0 aliphatic rings. The Bertz CT molecular complexity index is 675. The van der Waals surface area contributed by atoms with Gasteiger partial charge in [0.15, 0.2) is 5.82 Å². The largest absolute Gasteiger partial charge is 0.497 e. The lowest BCUT2D eigenvalue weighted by Gasteiger charge is -2.06. The summed E-state index contributed by atoms with van der Waals surface area (Å²) in [5.74, 6) is 2.22. The standard InChI is InChI=1S/C13H16N4O2S/c1-4-12-15-16-13(20)17(12)14-8-9-7-10(18-2)5-6-11(9)19-3/h5-8H,4H2,1-3H3,(H,16,20)/b14-8-. The molecule has 1 aromatic carbocycles. The van der Waals surface area contributed by atoms with E-state index in [0.717, 1.165) is 23.6 Å². The fraction of sp³-hybridized carbons (Fsp3) is 0.308. The summed E-state index contributed by atoms with van der Waals surface area (Å²) >= 11 is 5.14. The van der Waals surface area contributed by atoms with Crippen molar-refractivity contribution in [3.8, 4) is 11.5 Å². The molecule has 0 spiro atoms. The number of hydrogen-bond donors (Lipinski definition) is 1. The Morgan fingerprint density at radius 2 is 2.20 bits per heavy atom. The minimum atomic E-state index is 0.458. The van der Waals surface area contributed by atoms with Crippen LogP contribution >= 0.6 is 12.2 Å². The first-order valence-corrected chi connectivity index (χ1v) is 6.53. The first-order valence-electron chi connectivity index (χ1n) is 6.12. The summed E-state index contributed by atoms with van der Waals surface area (Å²) in [6.45, 7) is 1.99. The number of nitrogens with one attached hydrogen (secondary N) is 1. The van der Waals surface area contributed by atoms with Crippen molar-refractivity contribution in [1.82, 2.24) is 14.9 Å². The maximum atomic E-state index is 5.30. The molecule has 0 saturated heterocycles. The Morgan fingerprint density at radius 3 is 2.85 bits per heavy atom. The molecule has 0 fully saturated rings. The molecule has 0 amide bonds. The van der Waals surface area contributed by atoms with Gasteiger partial charge in [0.2, 0.25) is 4.77 Å². The number of aromatic nitrogens is 3. The van der Waals surface area contributed by atoms with E-state index in [1.165, 1.54) is 0 Å². The lowest BCUT2D eigenvalue weighted by atomic mass is 10.2. The second-order valence-corrected chi connectivity index (χ2v) is 4.35. The van der Waals surface area contributed by atoms with Crippen molar-refractivity contribution in [2.24, 2.45) is 5.10 Å². The maximum Gasteiger partial charge on any atom is 0.216 e. The lowest BCUT2D eigenvalue weighted by Crippen LogP contribution is -1.99. The van der Waals surface area contributed by atoms with E-state index in [4.69, 9.17) is 21.7 Å². The highest BCUT2D eigenvalue weighted by Crippen LogP contribution is 2.22. The maximum absolute atomic E-state index is 5.30. The molecule has 20 heavy (non-hydrogen) atoms. The fourth-order valence-electron chi connectivity index (χ4n) is 1.73. The van der Waals surface area contributed by atoms with Crippen molar-refractivity contribution >= 4 is 18.4 Å². The smallest absolute Gasteiger partial charge is 0.216 e. The third-order valence-corrected chi connectivity index (χ3v) is 3.05. The zero-order chi connectivity index (χ0) is 14.5. The molecular formula is C13H16N4O2S. The Morgan fingerprint density at radius 1 is 1.40 bits per heavy atom. The summed E-state index contributed by atoms with van der Waals surface area (Å²) in [5.41, 5.74) is 0.803. The van der Waals surface area contributed by atoms with Gasteiger partial charge in [-0.1, -0.05) is 6.92 Å². The number of aromatic amines is 1. The van der Waals surface area contributed by atoms with Crippen molar-refractivity contribution in [2.75, 3.05) is 14.2 Å². The highest BCUT2D eigenvalue weighted by Gasteiger charge is 2.05. The number of rotatable bonds is 5. The van der Waals surface area contributed by atoms with Gasteiger partial charge in [0.25, 0.3) is 0 Å². The number of nitrogens with zero attached hydrogens (tertiary/aromatic N) is 3. The number of ether oxygens (including phenoxy) is 2. The summed E-state index contributed by atoms with van der Waals surface area (Å²) in [6.07, 6.45) is 2.41. The van der Waals surface area contributed by atoms with E-state index in [9.17, 15) is 0 Å².